The number of hydrogen-bond acceptors (Lipinski definition) is 2. The summed E-state index contributed by atoms with van der Waals surface area (Å²) in [6.45, 7) is 6.68. The molecule has 4 heteroatoms. The molecule has 0 unspecified atom stereocenters. The summed E-state index contributed by atoms with van der Waals surface area (Å²) in [5, 5.41) is 5.04. The summed E-state index contributed by atoms with van der Waals surface area (Å²) in [7, 11) is 0. The van der Waals surface area contributed by atoms with Gasteiger partial charge in [0.05, 0.1) is 0 Å². The van der Waals surface area contributed by atoms with E-state index in [0.29, 0.717) is 28.3 Å². The zero-order chi connectivity index (χ0) is 15.4. The number of rotatable bonds is 3. The molecule has 0 heterocycles. The van der Waals surface area contributed by atoms with Gasteiger partial charge < -0.3 is 0 Å². The van der Waals surface area contributed by atoms with Crippen LogP contribution in [0.3, 0.4) is 0 Å². The molecule has 1 fully saturated rings. The largest absolute Gasteiger partial charge is 0.271 e. The lowest BCUT2D eigenvalue weighted by atomic mass is 9.76. The van der Waals surface area contributed by atoms with Gasteiger partial charge in [-0.1, -0.05) is 32.4 Å². The molecule has 114 valence electrons. The first kappa shape index (κ1) is 16.0. The van der Waals surface area contributed by atoms with Crippen molar-refractivity contribution in [3.05, 3.63) is 34.9 Å². The number of carbonyl (C=O) groups is 1. The quantitative estimate of drug-likeness (QED) is 0.820. The lowest BCUT2D eigenvalue weighted by molar-refractivity contribution is 0.0954. The highest BCUT2D eigenvalue weighted by atomic mass is 35.5. The molecule has 1 N–H and O–H groups in total. The number of halogens is 1. The number of carbonyl (C=O) groups excluding carboxylic acids is 1. The van der Waals surface area contributed by atoms with E-state index in [4.69, 9.17) is 11.6 Å². The van der Waals surface area contributed by atoms with Crippen molar-refractivity contribution in [3.8, 4) is 0 Å². The van der Waals surface area contributed by atoms with Gasteiger partial charge in [-0.25, -0.2) is 5.43 Å². The average molecular weight is 307 g/mol. The van der Waals surface area contributed by atoms with Gasteiger partial charge in [-0.2, -0.15) is 5.10 Å². The SMILES string of the molecule is CC(C)[C@@H]1CC[C@H](C)C/C1=N/NC(=O)c1ccc(Cl)cc1. The Hall–Kier alpha value is -1.35. The molecule has 0 spiro atoms. The van der Waals surface area contributed by atoms with E-state index in [1.54, 1.807) is 24.3 Å². The number of nitrogens with one attached hydrogen (secondary N) is 1. The molecule has 0 bridgehead atoms. The molecule has 0 saturated heterocycles. The number of hydrogen-bond donors (Lipinski definition) is 1. The minimum absolute atomic E-state index is 0.181. The highest BCUT2D eigenvalue weighted by molar-refractivity contribution is 6.30. The third-order valence-corrected chi connectivity index (χ3v) is 4.42. The predicted molar refractivity (Wildman–Crippen MR) is 87.7 cm³/mol. The summed E-state index contributed by atoms with van der Waals surface area (Å²) in [5.74, 6) is 1.50. The molecule has 21 heavy (non-hydrogen) atoms. The Morgan fingerprint density at radius 3 is 2.57 bits per heavy atom. The van der Waals surface area contributed by atoms with Gasteiger partial charge in [0.2, 0.25) is 0 Å². The molecular formula is C17H23ClN2O. The van der Waals surface area contributed by atoms with Crippen LogP contribution in [0, 0.1) is 17.8 Å². The van der Waals surface area contributed by atoms with Crippen LogP contribution in [-0.4, -0.2) is 11.6 Å². The van der Waals surface area contributed by atoms with Gasteiger partial charge in [-0.3, -0.25) is 4.79 Å². The Bertz CT molecular complexity index is 522. The monoisotopic (exact) mass is 306 g/mol. The summed E-state index contributed by atoms with van der Waals surface area (Å²) in [4.78, 5) is 12.1. The van der Waals surface area contributed by atoms with Crippen molar-refractivity contribution in [1.82, 2.24) is 5.43 Å². The number of benzene rings is 1. The minimum Gasteiger partial charge on any atom is -0.267 e. The highest BCUT2D eigenvalue weighted by Gasteiger charge is 2.27. The predicted octanol–water partition coefficient (Wildman–Crippen LogP) is 4.52. The summed E-state index contributed by atoms with van der Waals surface area (Å²) in [6, 6.07) is 6.84. The van der Waals surface area contributed by atoms with E-state index in [0.717, 1.165) is 18.6 Å². The smallest absolute Gasteiger partial charge is 0.267 e. The first-order valence-corrected chi connectivity index (χ1v) is 7.97. The Kier molecular flexibility index (Phi) is 5.40. The molecule has 0 aromatic heterocycles. The standard InChI is InChI=1S/C17H23ClN2O/c1-11(2)15-9-4-12(3)10-16(15)19-20-17(21)13-5-7-14(18)8-6-13/h5-8,11-12,15H,4,9-10H2,1-3H3,(H,20,21)/b19-16-/t12-,15-/m0/s1. The number of amides is 1. The van der Waals surface area contributed by atoms with Crippen molar-refractivity contribution in [1.29, 1.82) is 0 Å². The van der Waals surface area contributed by atoms with Crippen LogP contribution in [0.5, 0.6) is 0 Å². The molecule has 1 aliphatic rings. The normalized spacial score (nSPS) is 24.3. The van der Waals surface area contributed by atoms with Crippen molar-refractivity contribution < 1.29 is 4.79 Å². The lowest BCUT2D eigenvalue weighted by Gasteiger charge is -2.30. The zero-order valence-corrected chi connectivity index (χ0v) is 13.7. The van der Waals surface area contributed by atoms with E-state index in [1.807, 2.05) is 0 Å². The van der Waals surface area contributed by atoms with E-state index in [-0.39, 0.29) is 5.91 Å². The van der Waals surface area contributed by atoms with Gasteiger partial charge >= 0.3 is 0 Å². The van der Waals surface area contributed by atoms with Crippen LogP contribution in [0.1, 0.15) is 50.4 Å². The molecular weight excluding hydrogens is 284 g/mol. The van der Waals surface area contributed by atoms with Crippen molar-refractivity contribution in [3.63, 3.8) is 0 Å². The fourth-order valence-electron chi connectivity index (χ4n) is 2.88. The molecule has 1 aromatic carbocycles. The van der Waals surface area contributed by atoms with Crippen molar-refractivity contribution in [2.45, 2.75) is 40.0 Å². The van der Waals surface area contributed by atoms with Crippen molar-refractivity contribution in [2.24, 2.45) is 22.9 Å². The second kappa shape index (κ2) is 7.08. The summed E-state index contributed by atoms with van der Waals surface area (Å²) < 4.78 is 0. The molecule has 1 amide bonds. The maximum Gasteiger partial charge on any atom is 0.271 e. The van der Waals surface area contributed by atoms with Gasteiger partial charge in [-0.15, -0.1) is 0 Å². The molecule has 1 saturated carbocycles. The molecule has 1 aliphatic carbocycles. The number of hydrazone groups is 1. The summed E-state index contributed by atoms with van der Waals surface area (Å²) in [6.07, 6.45) is 3.38. The van der Waals surface area contributed by atoms with E-state index < -0.39 is 0 Å². The van der Waals surface area contributed by atoms with Crippen LogP contribution in [0.2, 0.25) is 5.02 Å². The first-order valence-electron chi connectivity index (χ1n) is 7.59. The van der Waals surface area contributed by atoms with E-state index >= 15 is 0 Å². The maximum atomic E-state index is 12.1. The second-order valence-corrected chi connectivity index (χ2v) is 6.72. The highest BCUT2D eigenvalue weighted by Crippen LogP contribution is 2.31. The van der Waals surface area contributed by atoms with Gasteiger partial charge in [0.1, 0.15) is 0 Å². The molecule has 2 rings (SSSR count). The Morgan fingerprint density at radius 1 is 1.29 bits per heavy atom. The molecule has 2 atom stereocenters. The van der Waals surface area contributed by atoms with E-state index in [1.165, 1.54) is 6.42 Å². The van der Waals surface area contributed by atoms with Gasteiger partial charge in [0.25, 0.3) is 5.91 Å². The van der Waals surface area contributed by atoms with Crippen LogP contribution in [0.15, 0.2) is 29.4 Å². The Balaban J connectivity index is 2.06. The summed E-state index contributed by atoms with van der Waals surface area (Å²) in [5.41, 5.74) is 4.41. The third-order valence-electron chi connectivity index (χ3n) is 4.17. The van der Waals surface area contributed by atoms with Crippen LogP contribution in [-0.2, 0) is 0 Å². The lowest BCUT2D eigenvalue weighted by Crippen LogP contribution is -2.31. The minimum atomic E-state index is -0.181. The van der Waals surface area contributed by atoms with E-state index in [9.17, 15) is 4.79 Å². The van der Waals surface area contributed by atoms with Crippen LogP contribution >= 0.6 is 11.6 Å². The van der Waals surface area contributed by atoms with Gasteiger partial charge in [0.15, 0.2) is 0 Å². The molecule has 1 aromatic rings. The van der Waals surface area contributed by atoms with Gasteiger partial charge in [0, 0.05) is 22.2 Å². The Morgan fingerprint density at radius 2 is 1.95 bits per heavy atom. The van der Waals surface area contributed by atoms with Gasteiger partial charge in [-0.05, 0) is 55.4 Å². The zero-order valence-electron chi connectivity index (χ0n) is 12.9. The average Bonchev–Trinajstić information content (AvgIpc) is 2.45. The molecule has 3 nitrogen and oxygen atoms in total. The first-order chi connectivity index (χ1) is 9.97. The maximum absolute atomic E-state index is 12.1. The van der Waals surface area contributed by atoms with E-state index in [2.05, 4.69) is 31.3 Å². The van der Waals surface area contributed by atoms with Crippen LogP contribution in [0.4, 0.5) is 0 Å². The second-order valence-electron chi connectivity index (χ2n) is 6.29. The topological polar surface area (TPSA) is 41.5 Å². The van der Waals surface area contributed by atoms with Crippen molar-refractivity contribution >= 4 is 23.2 Å². The fourth-order valence-corrected chi connectivity index (χ4v) is 3.00. The molecule has 0 aliphatic heterocycles. The third kappa shape index (κ3) is 4.31. The fraction of sp³-hybridized carbons (Fsp3) is 0.529. The van der Waals surface area contributed by atoms with Crippen LogP contribution < -0.4 is 5.43 Å². The van der Waals surface area contributed by atoms with Crippen LogP contribution in [0.25, 0.3) is 0 Å². The van der Waals surface area contributed by atoms with Crippen molar-refractivity contribution in [2.75, 3.05) is 0 Å². The number of nitrogens with zero attached hydrogens (tertiary/aromatic N) is 1. The molecule has 0 radical (unpaired) electrons. The Labute approximate surface area is 131 Å². The summed E-state index contributed by atoms with van der Waals surface area (Å²) >= 11 is 5.83.